The van der Waals surface area contributed by atoms with Crippen molar-refractivity contribution in [3.8, 4) is 0 Å². The summed E-state index contributed by atoms with van der Waals surface area (Å²) in [7, 11) is 0. The quantitative estimate of drug-likeness (QED) is 0.0587. The van der Waals surface area contributed by atoms with Gasteiger partial charge in [-0.15, -0.1) is 0 Å². The molecule has 0 saturated heterocycles. The second-order valence-corrected chi connectivity index (χ2v) is 11.0. The molecule has 0 atom stereocenters. The van der Waals surface area contributed by atoms with Gasteiger partial charge in [0, 0.05) is 0 Å². The third-order valence-corrected chi connectivity index (χ3v) is 7.05. The van der Waals surface area contributed by atoms with Gasteiger partial charge < -0.3 is 9.47 Å². The number of halogens is 21. The molecule has 0 aliphatic carbocycles. The fraction of sp³-hybridized carbons (Fsp3) is 0.923. The van der Waals surface area contributed by atoms with Crippen molar-refractivity contribution in [2.45, 2.75) is 137 Å². The van der Waals surface area contributed by atoms with E-state index in [0.29, 0.717) is 12.8 Å². The third kappa shape index (κ3) is 9.53. The fourth-order valence-corrected chi connectivity index (χ4v) is 3.81. The summed E-state index contributed by atoms with van der Waals surface area (Å²) in [5.74, 6) is -80.7. The summed E-state index contributed by atoms with van der Waals surface area (Å²) in [4.78, 5) is 23.1. The molecule has 0 aromatic rings. The van der Waals surface area contributed by atoms with Crippen molar-refractivity contribution in [2.75, 3.05) is 13.2 Å². The van der Waals surface area contributed by atoms with Gasteiger partial charge in [0.25, 0.3) is 0 Å². The van der Waals surface area contributed by atoms with E-state index >= 15 is 0 Å². The zero-order chi connectivity index (χ0) is 40.8. The predicted octanol–water partition coefficient (Wildman–Crippen LogP) is 10.7. The highest BCUT2D eigenvalue weighted by Gasteiger charge is 2.97. The Morgan fingerprint density at radius 2 is 0.686 bits per heavy atom. The minimum absolute atomic E-state index is 0.131. The Balaban J connectivity index is 5.63. The molecule has 0 radical (unpaired) electrons. The van der Waals surface area contributed by atoms with Crippen LogP contribution in [0.2, 0.25) is 0 Å². The number of carbonyl (C=O) groups excluding carboxylic acids is 2. The molecule has 0 bridgehead atoms. The van der Waals surface area contributed by atoms with Gasteiger partial charge in [-0.05, 0) is 6.42 Å². The molecule has 0 rings (SSSR count). The van der Waals surface area contributed by atoms with Gasteiger partial charge in [0.2, 0.25) is 0 Å². The molecule has 0 aromatic heterocycles. The minimum Gasteiger partial charge on any atom is -0.466 e. The number of alkyl halides is 21. The lowest BCUT2D eigenvalue weighted by atomic mass is 9.86. The topological polar surface area (TPSA) is 52.6 Å². The van der Waals surface area contributed by atoms with E-state index in [1.54, 1.807) is 0 Å². The molecule has 0 aliphatic rings. The van der Waals surface area contributed by atoms with E-state index in [4.69, 9.17) is 4.74 Å². The Labute approximate surface area is 274 Å². The lowest BCUT2D eigenvalue weighted by Gasteiger charge is -2.44. The Kier molecular flexibility index (Phi) is 15.8. The first-order valence-electron chi connectivity index (χ1n) is 14.4. The van der Waals surface area contributed by atoms with E-state index in [1.165, 1.54) is 0 Å². The molecule has 25 heteroatoms. The molecule has 0 heterocycles. The average Bonchev–Trinajstić information content (AvgIpc) is 2.97. The molecular formula is C26H29F21O4. The smallest absolute Gasteiger partial charge is 0.460 e. The Morgan fingerprint density at radius 1 is 0.392 bits per heavy atom. The van der Waals surface area contributed by atoms with Crippen molar-refractivity contribution in [1.82, 2.24) is 0 Å². The number of hydrogen-bond acceptors (Lipinski definition) is 4. The first-order chi connectivity index (χ1) is 22.6. The fourth-order valence-electron chi connectivity index (χ4n) is 3.81. The summed E-state index contributed by atoms with van der Waals surface area (Å²) in [6, 6.07) is 0. The Hall–Kier alpha value is -2.53. The number of rotatable bonds is 23. The number of ether oxygens (including phenoxy) is 2. The van der Waals surface area contributed by atoms with Crippen LogP contribution in [0.25, 0.3) is 0 Å². The summed E-state index contributed by atoms with van der Waals surface area (Å²) >= 11 is 0. The average molecular weight is 804 g/mol. The van der Waals surface area contributed by atoms with Gasteiger partial charge in [0.15, 0.2) is 0 Å². The highest BCUT2D eigenvalue weighted by atomic mass is 19.4. The molecule has 4 nitrogen and oxygen atoms in total. The van der Waals surface area contributed by atoms with Gasteiger partial charge in [-0.2, -0.15) is 92.2 Å². The summed E-state index contributed by atoms with van der Waals surface area (Å²) < 4.78 is 290. The van der Waals surface area contributed by atoms with Gasteiger partial charge in [-0.3, -0.25) is 9.59 Å². The highest BCUT2D eigenvalue weighted by molar-refractivity contribution is 5.77. The van der Waals surface area contributed by atoms with E-state index in [0.717, 1.165) is 38.5 Å². The van der Waals surface area contributed by atoms with Gasteiger partial charge in [-0.25, -0.2) is 0 Å². The van der Waals surface area contributed by atoms with Gasteiger partial charge in [0.05, 0.1) is 32.5 Å². The van der Waals surface area contributed by atoms with Crippen LogP contribution in [-0.4, -0.2) is 84.6 Å². The summed E-state index contributed by atoms with van der Waals surface area (Å²) in [6.45, 7) is -0.321. The zero-order valence-electron chi connectivity index (χ0n) is 25.8. The number of carbonyl (C=O) groups is 2. The molecule has 0 aromatic carbocycles. The molecule has 0 unspecified atom stereocenters. The van der Waals surface area contributed by atoms with E-state index in [9.17, 15) is 102 Å². The van der Waals surface area contributed by atoms with E-state index < -0.39 is 97.3 Å². The van der Waals surface area contributed by atoms with Crippen LogP contribution in [0.1, 0.15) is 77.6 Å². The van der Waals surface area contributed by atoms with Crippen molar-refractivity contribution in [2.24, 2.45) is 0 Å². The number of esters is 2. The van der Waals surface area contributed by atoms with E-state index in [1.807, 2.05) is 6.92 Å². The standard InChI is InChI=1S/C26H29F21O4/c1-2-3-4-5-6-7-8-9-13-50-15(48)10-11-16(49)51-14-12-17(27,28)18(29,30)19(31,32)20(33,34)21(35,36)22(37,38)23(39,40)24(41,42)25(43,44)26(45,46)47/h2-14H2,1H3. The summed E-state index contributed by atoms with van der Waals surface area (Å²) in [5, 5.41) is 0. The van der Waals surface area contributed by atoms with Crippen molar-refractivity contribution >= 4 is 11.9 Å². The second kappa shape index (κ2) is 16.6. The van der Waals surface area contributed by atoms with Crippen LogP contribution in [0.5, 0.6) is 0 Å². The third-order valence-electron chi connectivity index (χ3n) is 7.05. The van der Waals surface area contributed by atoms with Crippen LogP contribution >= 0.6 is 0 Å². The number of hydrogen-bond donors (Lipinski definition) is 0. The van der Waals surface area contributed by atoms with Crippen molar-refractivity contribution in [1.29, 1.82) is 0 Å². The molecule has 0 spiro atoms. The van der Waals surface area contributed by atoms with E-state index in [-0.39, 0.29) is 6.61 Å². The maximum atomic E-state index is 13.9. The lowest BCUT2D eigenvalue weighted by Crippen LogP contribution is -2.76. The minimum atomic E-state index is -9.25. The van der Waals surface area contributed by atoms with Gasteiger partial charge >= 0.3 is 71.4 Å². The van der Waals surface area contributed by atoms with Crippen LogP contribution in [0.15, 0.2) is 0 Å². The predicted molar refractivity (Wildman–Crippen MR) is 129 cm³/mol. The van der Waals surface area contributed by atoms with Crippen LogP contribution in [0.3, 0.4) is 0 Å². The monoisotopic (exact) mass is 804 g/mol. The van der Waals surface area contributed by atoms with Crippen molar-refractivity contribution in [3.63, 3.8) is 0 Å². The van der Waals surface area contributed by atoms with Crippen molar-refractivity contribution in [3.05, 3.63) is 0 Å². The second-order valence-electron chi connectivity index (χ2n) is 11.0. The molecule has 304 valence electrons. The molecule has 0 fully saturated rings. The summed E-state index contributed by atoms with van der Waals surface area (Å²) in [6.07, 6.45) is -6.19. The van der Waals surface area contributed by atoms with Crippen LogP contribution < -0.4 is 0 Å². The molecular weight excluding hydrogens is 775 g/mol. The molecule has 0 N–H and O–H groups in total. The Bertz CT molecular complexity index is 1130. The first kappa shape index (κ1) is 48.5. The van der Waals surface area contributed by atoms with Crippen LogP contribution in [0.4, 0.5) is 92.2 Å². The number of unbranched alkanes of at least 4 members (excludes halogenated alkanes) is 7. The molecule has 0 aliphatic heterocycles. The van der Waals surface area contributed by atoms with Gasteiger partial charge in [-0.1, -0.05) is 51.9 Å². The normalized spacial score (nSPS) is 14.9. The van der Waals surface area contributed by atoms with E-state index in [2.05, 4.69) is 4.74 Å². The van der Waals surface area contributed by atoms with Crippen LogP contribution in [-0.2, 0) is 19.1 Å². The van der Waals surface area contributed by atoms with Crippen molar-refractivity contribution < 1.29 is 111 Å². The van der Waals surface area contributed by atoms with Gasteiger partial charge in [0.1, 0.15) is 0 Å². The SMILES string of the molecule is CCCCCCCCCCOC(=O)CCC(=O)OCCC(F)(F)C(F)(F)C(F)(F)C(F)(F)C(F)(F)C(F)(F)C(F)(F)C(F)(F)C(F)(F)C(F)(F)F. The highest BCUT2D eigenvalue weighted by Crippen LogP contribution is 2.66. The largest absolute Gasteiger partial charge is 0.466 e. The Morgan fingerprint density at radius 3 is 1.04 bits per heavy atom. The molecule has 0 amide bonds. The maximum absolute atomic E-state index is 13.9. The molecule has 0 saturated carbocycles. The lowest BCUT2D eigenvalue weighted by molar-refractivity contribution is -0.474. The first-order valence-corrected chi connectivity index (χ1v) is 14.4. The maximum Gasteiger partial charge on any atom is 0.460 e. The van der Waals surface area contributed by atoms with Crippen LogP contribution in [0, 0.1) is 0 Å². The molecule has 51 heavy (non-hydrogen) atoms. The zero-order valence-corrected chi connectivity index (χ0v) is 25.8. The summed E-state index contributed by atoms with van der Waals surface area (Å²) in [5.41, 5.74) is 0.